The van der Waals surface area contributed by atoms with Crippen LogP contribution in [0.2, 0.25) is 0 Å². The lowest BCUT2D eigenvalue weighted by Gasteiger charge is -2.23. The molecular formula is C8H15N3O3. The smallest absolute Gasteiger partial charge is 0.344 e. The third-order valence-electron chi connectivity index (χ3n) is 1.66. The highest BCUT2D eigenvalue weighted by Crippen LogP contribution is 2.07. The van der Waals surface area contributed by atoms with Gasteiger partial charge in [0.25, 0.3) is 0 Å². The van der Waals surface area contributed by atoms with Gasteiger partial charge in [0, 0.05) is 13.6 Å². The maximum Gasteiger partial charge on any atom is 0.344 e. The Morgan fingerprint density at radius 3 is 2.57 bits per heavy atom. The molecular weight excluding hydrogens is 186 g/mol. The van der Waals surface area contributed by atoms with Crippen molar-refractivity contribution in [1.29, 1.82) is 0 Å². The summed E-state index contributed by atoms with van der Waals surface area (Å²) in [5.41, 5.74) is 5.25. The minimum atomic E-state index is -1.06. The normalized spacial score (nSPS) is 20.8. The summed E-state index contributed by atoms with van der Waals surface area (Å²) in [6.45, 7) is 4.09. The topological polar surface area (TPSA) is 96.0 Å². The molecule has 1 aliphatic rings. The van der Waals surface area contributed by atoms with Crippen molar-refractivity contribution in [2.75, 3.05) is 13.6 Å². The van der Waals surface area contributed by atoms with Gasteiger partial charge in [0.2, 0.25) is 0 Å². The van der Waals surface area contributed by atoms with Crippen molar-refractivity contribution >= 4 is 17.8 Å². The number of nitrogens with two attached hydrogens (primary N) is 1. The molecule has 0 saturated carbocycles. The average molecular weight is 201 g/mol. The number of rotatable bonds is 1. The maximum absolute atomic E-state index is 10.8. The minimum absolute atomic E-state index is 0.0868. The first-order chi connectivity index (χ1) is 6.52. The molecule has 1 aliphatic heterocycles. The van der Waals surface area contributed by atoms with Crippen molar-refractivity contribution < 1.29 is 14.7 Å². The van der Waals surface area contributed by atoms with E-state index in [1.54, 1.807) is 0 Å². The van der Waals surface area contributed by atoms with Gasteiger partial charge >= 0.3 is 12.0 Å². The lowest BCUT2D eigenvalue weighted by molar-refractivity contribution is -0.139. The first kappa shape index (κ1) is 12.4. The summed E-state index contributed by atoms with van der Waals surface area (Å²) in [5.74, 6) is -2.05. The molecule has 1 rings (SSSR count). The Balaban J connectivity index is 0.000000791. The lowest BCUT2D eigenvalue weighted by atomic mass is 10.1. The van der Waals surface area contributed by atoms with Crippen molar-refractivity contribution in [3.63, 3.8) is 0 Å². The summed E-state index contributed by atoms with van der Waals surface area (Å²) in [4.78, 5) is 25.9. The first-order valence-corrected chi connectivity index (χ1v) is 4.34. The van der Waals surface area contributed by atoms with E-state index in [-0.39, 0.29) is 12.4 Å². The van der Waals surface area contributed by atoms with Crippen LogP contribution in [-0.4, -0.2) is 41.4 Å². The molecule has 0 aliphatic carbocycles. The highest BCUT2D eigenvalue weighted by molar-refractivity contribution is 6.06. The van der Waals surface area contributed by atoms with Gasteiger partial charge in [-0.1, -0.05) is 13.8 Å². The van der Waals surface area contributed by atoms with Gasteiger partial charge in [-0.15, -0.1) is 0 Å². The van der Waals surface area contributed by atoms with Crippen molar-refractivity contribution in [3.05, 3.63) is 0 Å². The molecule has 1 heterocycles. The molecule has 0 spiro atoms. The zero-order chi connectivity index (χ0) is 11.3. The number of aliphatic imine (C=N–C) groups is 1. The molecule has 0 aromatic heterocycles. The standard InChI is InChI=1S/C6H9N3O3.C2H6/c1-9-2-3(5(10)11)4(7)8-6(9)12;1-2/h3H,2H2,1H3,(H,10,11)(H2,7,8,12);1-2H3. The van der Waals surface area contributed by atoms with Gasteiger partial charge in [-0.05, 0) is 0 Å². The molecule has 0 aromatic carbocycles. The van der Waals surface area contributed by atoms with E-state index in [4.69, 9.17) is 10.8 Å². The fourth-order valence-corrected chi connectivity index (χ4v) is 0.924. The van der Waals surface area contributed by atoms with Crippen LogP contribution in [0.4, 0.5) is 4.79 Å². The Hall–Kier alpha value is -1.59. The number of carbonyl (C=O) groups excluding carboxylic acids is 1. The molecule has 0 saturated heterocycles. The van der Waals surface area contributed by atoms with Gasteiger partial charge in [0.1, 0.15) is 11.8 Å². The van der Waals surface area contributed by atoms with Gasteiger partial charge in [-0.3, -0.25) is 4.79 Å². The van der Waals surface area contributed by atoms with E-state index < -0.39 is 17.9 Å². The van der Waals surface area contributed by atoms with Gasteiger partial charge in [0.15, 0.2) is 0 Å². The summed E-state index contributed by atoms with van der Waals surface area (Å²) < 4.78 is 0. The number of hydrogen-bond acceptors (Lipinski definition) is 3. The monoisotopic (exact) mass is 201 g/mol. The molecule has 6 heteroatoms. The third kappa shape index (κ3) is 2.72. The molecule has 80 valence electrons. The van der Waals surface area contributed by atoms with E-state index in [2.05, 4.69) is 4.99 Å². The molecule has 1 atom stereocenters. The molecule has 14 heavy (non-hydrogen) atoms. The van der Waals surface area contributed by atoms with Crippen molar-refractivity contribution in [2.45, 2.75) is 13.8 Å². The Kier molecular flexibility index (Phi) is 4.62. The van der Waals surface area contributed by atoms with Crippen LogP contribution in [0, 0.1) is 5.92 Å². The maximum atomic E-state index is 10.8. The predicted molar refractivity (Wildman–Crippen MR) is 52.1 cm³/mol. The summed E-state index contributed by atoms with van der Waals surface area (Å²) in [7, 11) is 1.48. The average Bonchev–Trinajstić information content (AvgIpc) is 2.14. The summed E-state index contributed by atoms with van der Waals surface area (Å²) >= 11 is 0. The van der Waals surface area contributed by atoms with Crippen LogP contribution in [0.15, 0.2) is 4.99 Å². The van der Waals surface area contributed by atoms with Crippen LogP contribution in [0.5, 0.6) is 0 Å². The van der Waals surface area contributed by atoms with Gasteiger partial charge in [-0.2, -0.15) is 4.99 Å². The number of amidine groups is 1. The van der Waals surface area contributed by atoms with Crippen LogP contribution in [-0.2, 0) is 4.79 Å². The van der Waals surface area contributed by atoms with Crippen LogP contribution in [0.1, 0.15) is 13.8 Å². The van der Waals surface area contributed by atoms with Crippen LogP contribution >= 0.6 is 0 Å². The number of carbonyl (C=O) groups is 2. The fourth-order valence-electron chi connectivity index (χ4n) is 0.924. The van der Waals surface area contributed by atoms with Crippen molar-refractivity contribution in [2.24, 2.45) is 16.6 Å². The molecule has 0 fully saturated rings. The number of urea groups is 1. The summed E-state index contributed by atoms with van der Waals surface area (Å²) in [6.07, 6.45) is 0. The zero-order valence-electron chi connectivity index (χ0n) is 8.52. The second kappa shape index (κ2) is 5.21. The van der Waals surface area contributed by atoms with Crippen LogP contribution in [0.3, 0.4) is 0 Å². The Morgan fingerprint density at radius 1 is 1.64 bits per heavy atom. The summed E-state index contributed by atoms with van der Waals surface area (Å²) in [6, 6.07) is -0.495. The van der Waals surface area contributed by atoms with E-state index in [0.29, 0.717) is 0 Å². The van der Waals surface area contributed by atoms with E-state index >= 15 is 0 Å². The first-order valence-electron chi connectivity index (χ1n) is 4.34. The quantitative estimate of drug-likeness (QED) is 0.630. The number of aliphatic carboxylic acids is 1. The largest absolute Gasteiger partial charge is 0.481 e. The molecule has 1 unspecified atom stereocenters. The highest BCUT2D eigenvalue weighted by Gasteiger charge is 2.30. The predicted octanol–water partition coefficient (Wildman–Crippen LogP) is 0.136. The van der Waals surface area contributed by atoms with E-state index in [9.17, 15) is 9.59 Å². The number of nitrogens with zero attached hydrogens (tertiary/aromatic N) is 2. The molecule has 0 aromatic rings. The molecule has 0 bridgehead atoms. The molecule has 2 amide bonds. The lowest BCUT2D eigenvalue weighted by Crippen LogP contribution is -2.45. The van der Waals surface area contributed by atoms with Gasteiger partial charge < -0.3 is 15.7 Å². The van der Waals surface area contributed by atoms with Crippen molar-refractivity contribution in [1.82, 2.24) is 4.90 Å². The van der Waals surface area contributed by atoms with Crippen LogP contribution < -0.4 is 5.73 Å². The fraction of sp³-hybridized carbons (Fsp3) is 0.625. The second-order valence-electron chi connectivity index (χ2n) is 2.59. The van der Waals surface area contributed by atoms with Gasteiger partial charge in [0.05, 0.1) is 0 Å². The molecule has 0 radical (unpaired) electrons. The van der Waals surface area contributed by atoms with Gasteiger partial charge in [-0.25, -0.2) is 4.79 Å². The SMILES string of the molecule is CC.CN1CC(C(=O)O)C(N)=NC1=O. The molecule has 3 N–H and O–H groups in total. The zero-order valence-corrected chi connectivity index (χ0v) is 8.52. The molecule has 6 nitrogen and oxygen atoms in total. The number of amides is 2. The Labute approximate surface area is 82.4 Å². The second-order valence-corrected chi connectivity index (χ2v) is 2.59. The minimum Gasteiger partial charge on any atom is -0.481 e. The summed E-state index contributed by atoms with van der Waals surface area (Å²) in [5, 5.41) is 8.61. The van der Waals surface area contributed by atoms with E-state index in [1.807, 2.05) is 13.8 Å². The van der Waals surface area contributed by atoms with Crippen LogP contribution in [0.25, 0.3) is 0 Å². The Bertz CT molecular complexity index is 263. The van der Waals surface area contributed by atoms with Crippen molar-refractivity contribution in [3.8, 4) is 0 Å². The third-order valence-corrected chi connectivity index (χ3v) is 1.66. The number of carboxylic acid groups (broad SMARTS) is 1. The van der Waals surface area contributed by atoms with E-state index in [0.717, 1.165) is 0 Å². The number of hydrogen-bond donors (Lipinski definition) is 2. The highest BCUT2D eigenvalue weighted by atomic mass is 16.4. The Morgan fingerprint density at radius 2 is 2.14 bits per heavy atom. The van der Waals surface area contributed by atoms with E-state index in [1.165, 1.54) is 11.9 Å². The number of carboxylic acids is 1.